The molecule has 0 aliphatic rings. The number of aromatic nitrogens is 2. The molecule has 1 aromatic heterocycles. The first-order valence-electron chi connectivity index (χ1n) is 6.11. The van der Waals surface area contributed by atoms with E-state index in [4.69, 9.17) is 9.47 Å². The van der Waals surface area contributed by atoms with E-state index in [1.807, 2.05) is 13.0 Å². The van der Waals surface area contributed by atoms with E-state index < -0.39 is 0 Å². The molecule has 0 bridgehead atoms. The molecule has 0 aliphatic heterocycles. The fourth-order valence-electron chi connectivity index (χ4n) is 1.73. The van der Waals surface area contributed by atoms with Crippen molar-refractivity contribution in [1.29, 1.82) is 0 Å². The van der Waals surface area contributed by atoms with Gasteiger partial charge in [-0.15, -0.1) is 0 Å². The van der Waals surface area contributed by atoms with Crippen LogP contribution in [-0.4, -0.2) is 24.2 Å². The summed E-state index contributed by atoms with van der Waals surface area (Å²) in [6.07, 6.45) is 0. The van der Waals surface area contributed by atoms with Crippen molar-refractivity contribution >= 4 is 5.95 Å². The number of hydrogen-bond acceptors (Lipinski definition) is 5. The van der Waals surface area contributed by atoms with E-state index in [-0.39, 0.29) is 11.9 Å². The molecule has 1 aromatic carbocycles. The van der Waals surface area contributed by atoms with Crippen LogP contribution in [-0.2, 0) is 0 Å². The van der Waals surface area contributed by atoms with Crippen molar-refractivity contribution in [2.45, 2.75) is 13.0 Å². The van der Waals surface area contributed by atoms with E-state index in [0.717, 1.165) is 5.56 Å². The fraction of sp³-hybridized carbons (Fsp3) is 0.286. The lowest BCUT2D eigenvalue weighted by Crippen LogP contribution is -2.10. The number of ether oxygens (including phenoxy) is 2. The number of methoxy groups -OCH3 is 2. The second-order valence-electron chi connectivity index (χ2n) is 4.20. The molecule has 5 nitrogen and oxygen atoms in total. The summed E-state index contributed by atoms with van der Waals surface area (Å²) >= 11 is 0. The van der Waals surface area contributed by atoms with Gasteiger partial charge < -0.3 is 14.8 Å². The minimum absolute atomic E-state index is 0.150. The van der Waals surface area contributed by atoms with Crippen LogP contribution in [0, 0.1) is 5.82 Å². The molecule has 1 heterocycles. The predicted molar refractivity (Wildman–Crippen MR) is 73.6 cm³/mol. The van der Waals surface area contributed by atoms with Gasteiger partial charge in [-0.2, -0.15) is 9.97 Å². The molecule has 0 amide bonds. The van der Waals surface area contributed by atoms with E-state index in [9.17, 15) is 4.39 Å². The molecule has 1 N–H and O–H groups in total. The van der Waals surface area contributed by atoms with Gasteiger partial charge in [-0.3, -0.25) is 0 Å². The van der Waals surface area contributed by atoms with Crippen LogP contribution in [0.2, 0.25) is 0 Å². The molecule has 0 radical (unpaired) electrons. The zero-order valence-corrected chi connectivity index (χ0v) is 11.6. The lowest BCUT2D eigenvalue weighted by atomic mass is 10.1. The zero-order chi connectivity index (χ0) is 14.5. The Kier molecular flexibility index (Phi) is 4.34. The van der Waals surface area contributed by atoms with Crippen LogP contribution in [0.4, 0.5) is 10.3 Å². The number of rotatable bonds is 5. The highest BCUT2D eigenvalue weighted by Gasteiger charge is 2.10. The molecule has 0 aliphatic carbocycles. The molecule has 2 aromatic rings. The van der Waals surface area contributed by atoms with E-state index in [0.29, 0.717) is 17.7 Å². The van der Waals surface area contributed by atoms with Gasteiger partial charge in [0.1, 0.15) is 5.82 Å². The number of nitrogens with one attached hydrogen (secondary N) is 1. The predicted octanol–water partition coefficient (Wildman–Crippen LogP) is 2.81. The normalized spacial score (nSPS) is 11.8. The van der Waals surface area contributed by atoms with Crippen molar-refractivity contribution in [3.8, 4) is 11.8 Å². The van der Waals surface area contributed by atoms with Crippen LogP contribution in [0.15, 0.2) is 30.3 Å². The number of benzene rings is 1. The Hall–Kier alpha value is -2.37. The molecule has 1 atom stereocenters. The first-order chi connectivity index (χ1) is 9.62. The van der Waals surface area contributed by atoms with Crippen molar-refractivity contribution in [3.05, 3.63) is 41.7 Å². The Bertz CT molecular complexity index is 570. The lowest BCUT2D eigenvalue weighted by Gasteiger charge is -2.15. The quantitative estimate of drug-likeness (QED) is 0.910. The van der Waals surface area contributed by atoms with Gasteiger partial charge in [0.2, 0.25) is 17.7 Å². The van der Waals surface area contributed by atoms with E-state index in [1.54, 1.807) is 12.1 Å². The maximum atomic E-state index is 13.2. The molecular formula is C14H16FN3O2. The highest BCUT2D eigenvalue weighted by atomic mass is 19.1. The average Bonchev–Trinajstić information content (AvgIpc) is 2.46. The summed E-state index contributed by atoms with van der Waals surface area (Å²) in [5.41, 5.74) is 0.801. The SMILES string of the molecule is COc1cc(OC)nc(NC(C)c2cccc(F)c2)n1. The van der Waals surface area contributed by atoms with Gasteiger partial charge in [-0.25, -0.2) is 4.39 Å². The third kappa shape index (κ3) is 3.34. The molecule has 2 rings (SSSR count). The van der Waals surface area contributed by atoms with Crippen LogP contribution in [0.25, 0.3) is 0 Å². The van der Waals surface area contributed by atoms with Gasteiger partial charge in [-0.1, -0.05) is 12.1 Å². The second-order valence-corrected chi connectivity index (χ2v) is 4.20. The van der Waals surface area contributed by atoms with E-state index >= 15 is 0 Å². The Balaban J connectivity index is 2.20. The lowest BCUT2D eigenvalue weighted by molar-refractivity contribution is 0.372. The Labute approximate surface area is 116 Å². The van der Waals surface area contributed by atoms with Crippen LogP contribution in [0.5, 0.6) is 11.8 Å². The summed E-state index contributed by atoms with van der Waals surface area (Å²) in [5, 5.41) is 3.09. The smallest absolute Gasteiger partial charge is 0.229 e. The first kappa shape index (κ1) is 14.0. The summed E-state index contributed by atoms with van der Waals surface area (Å²) < 4.78 is 23.3. The molecule has 0 spiro atoms. The zero-order valence-electron chi connectivity index (χ0n) is 11.6. The van der Waals surface area contributed by atoms with Gasteiger partial charge >= 0.3 is 0 Å². The molecule has 0 saturated heterocycles. The minimum Gasteiger partial charge on any atom is -0.481 e. The highest BCUT2D eigenvalue weighted by molar-refractivity contribution is 5.36. The van der Waals surface area contributed by atoms with Crippen molar-refractivity contribution in [2.24, 2.45) is 0 Å². The number of hydrogen-bond donors (Lipinski definition) is 1. The third-order valence-corrected chi connectivity index (χ3v) is 2.79. The van der Waals surface area contributed by atoms with Crippen LogP contribution >= 0.6 is 0 Å². The van der Waals surface area contributed by atoms with Gasteiger partial charge in [0.25, 0.3) is 0 Å². The second kappa shape index (κ2) is 6.18. The average molecular weight is 277 g/mol. The monoisotopic (exact) mass is 277 g/mol. The van der Waals surface area contributed by atoms with Gasteiger partial charge in [0, 0.05) is 0 Å². The molecule has 6 heteroatoms. The minimum atomic E-state index is -0.278. The van der Waals surface area contributed by atoms with Crippen LogP contribution in [0.3, 0.4) is 0 Å². The summed E-state index contributed by atoms with van der Waals surface area (Å²) in [5.74, 6) is 0.870. The van der Waals surface area contributed by atoms with Gasteiger partial charge in [0.05, 0.1) is 26.3 Å². The van der Waals surface area contributed by atoms with Gasteiger partial charge in [0.15, 0.2) is 0 Å². The van der Waals surface area contributed by atoms with E-state index in [2.05, 4.69) is 15.3 Å². The highest BCUT2D eigenvalue weighted by Crippen LogP contribution is 2.22. The molecule has 20 heavy (non-hydrogen) atoms. The van der Waals surface area contributed by atoms with Crippen molar-refractivity contribution < 1.29 is 13.9 Å². The fourth-order valence-corrected chi connectivity index (χ4v) is 1.73. The van der Waals surface area contributed by atoms with Crippen LogP contribution in [0.1, 0.15) is 18.5 Å². The summed E-state index contributed by atoms with van der Waals surface area (Å²) in [6.45, 7) is 1.89. The topological polar surface area (TPSA) is 56.3 Å². The van der Waals surface area contributed by atoms with Crippen molar-refractivity contribution in [1.82, 2.24) is 9.97 Å². The van der Waals surface area contributed by atoms with Gasteiger partial charge in [-0.05, 0) is 24.6 Å². The maximum absolute atomic E-state index is 13.2. The molecule has 106 valence electrons. The molecule has 0 saturated carbocycles. The maximum Gasteiger partial charge on any atom is 0.229 e. The van der Waals surface area contributed by atoms with Crippen LogP contribution < -0.4 is 14.8 Å². The third-order valence-electron chi connectivity index (χ3n) is 2.79. The van der Waals surface area contributed by atoms with E-state index in [1.165, 1.54) is 26.4 Å². The largest absolute Gasteiger partial charge is 0.481 e. The summed E-state index contributed by atoms with van der Waals surface area (Å²) in [6, 6.07) is 7.80. The molecule has 1 unspecified atom stereocenters. The molecular weight excluding hydrogens is 261 g/mol. The Morgan fingerprint density at radius 2 is 1.75 bits per heavy atom. The number of anilines is 1. The van der Waals surface area contributed by atoms with Crippen molar-refractivity contribution in [2.75, 3.05) is 19.5 Å². The number of halogens is 1. The van der Waals surface area contributed by atoms with Crippen molar-refractivity contribution in [3.63, 3.8) is 0 Å². The molecule has 0 fully saturated rings. The summed E-state index contributed by atoms with van der Waals surface area (Å²) in [7, 11) is 3.03. The number of nitrogens with zero attached hydrogens (tertiary/aromatic N) is 2. The first-order valence-corrected chi connectivity index (χ1v) is 6.11. The standard InChI is InChI=1S/C14H16FN3O2/c1-9(10-5-4-6-11(15)7-10)16-14-17-12(19-2)8-13(18-14)20-3/h4-9H,1-3H3,(H,16,17,18). The Morgan fingerprint density at radius 3 is 2.30 bits per heavy atom. The summed E-state index contributed by atoms with van der Waals surface area (Å²) in [4.78, 5) is 8.34. The Morgan fingerprint density at radius 1 is 1.10 bits per heavy atom.